The lowest BCUT2D eigenvalue weighted by atomic mass is 10.3. The van der Waals surface area contributed by atoms with E-state index in [1.54, 1.807) is 12.1 Å². The second-order valence-corrected chi connectivity index (χ2v) is 5.58. The Kier molecular flexibility index (Phi) is 4.48. The number of nitrogens with one attached hydrogen (secondary N) is 1. The van der Waals surface area contributed by atoms with E-state index in [0.717, 1.165) is 23.1 Å². The minimum atomic E-state index is -0.935. The molecule has 19 heavy (non-hydrogen) atoms. The number of thioether (sulfide) groups is 1. The number of rotatable bonds is 5. The van der Waals surface area contributed by atoms with Crippen molar-refractivity contribution in [2.75, 3.05) is 11.1 Å². The third kappa shape index (κ3) is 4.04. The van der Waals surface area contributed by atoms with Crippen LogP contribution in [0.5, 0.6) is 0 Å². The fraction of sp³-hybridized carbons (Fsp3) is 0.0909. The molecule has 0 fully saturated rings. The van der Waals surface area contributed by atoms with Crippen molar-refractivity contribution < 1.29 is 14.7 Å². The van der Waals surface area contributed by atoms with Crippen molar-refractivity contribution in [1.82, 2.24) is 10.2 Å². The molecular weight excluding hydrogens is 286 g/mol. The molecule has 0 radical (unpaired) electrons. The molecule has 0 unspecified atom stereocenters. The topological polar surface area (TPSA) is 92.2 Å². The number of nitrogens with zero attached hydrogens (tertiary/aromatic N) is 2. The normalized spacial score (nSPS) is 10.1. The molecule has 1 aromatic carbocycles. The summed E-state index contributed by atoms with van der Waals surface area (Å²) in [6.45, 7) is 0. The molecule has 6 nitrogen and oxygen atoms in total. The first-order valence-corrected chi connectivity index (χ1v) is 7.00. The Morgan fingerprint density at radius 2 is 2.00 bits per heavy atom. The number of carboxylic acids is 1. The van der Waals surface area contributed by atoms with Gasteiger partial charge >= 0.3 is 5.97 Å². The van der Waals surface area contributed by atoms with E-state index in [0.29, 0.717) is 10.0 Å². The molecular formula is C11H9N3O3S2. The van der Waals surface area contributed by atoms with Crippen LogP contribution in [0, 0.1) is 0 Å². The van der Waals surface area contributed by atoms with Crippen LogP contribution in [0.3, 0.4) is 0 Å². The van der Waals surface area contributed by atoms with E-state index in [4.69, 9.17) is 5.11 Å². The number of hydrogen-bond acceptors (Lipinski definition) is 6. The maximum atomic E-state index is 11.8. The smallest absolute Gasteiger partial charge is 0.313 e. The van der Waals surface area contributed by atoms with E-state index in [1.807, 2.05) is 18.2 Å². The molecule has 98 valence electrons. The van der Waals surface area contributed by atoms with Gasteiger partial charge in [-0.1, -0.05) is 41.3 Å². The van der Waals surface area contributed by atoms with Gasteiger partial charge in [0, 0.05) is 5.69 Å². The average molecular weight is 295 g/mol. The summed E-state index contributed by atoms with van der Waals surface area (Å²) in [6.07, 6.45) is 0. The van der Waals surface area contributed by atoms with Gasteiger partial charge in [-0.3, -0.25) is 9.59 Å². The van der Waals surface area contributed by atoms with Crippen LogP contribution in [0.25, 0.3) is 0 Å². The molecule has 1 aromatic heterocycles. The number of anilines is 1. The summed E-state index contributed by atoms with van der Waals surface area (Å²) < 4.78 is 0.459. The van der Waals surface area contributed by atoms with Crippen LogP contribution in [-0.2, 0) is 4.79 Å². The number of aliphatic carboxylic acids is 1. The highest BCUT2D eigenvalue weighted by atomic mass is 32.2. The van der Waals surface area contributed by atoms with E-state index in [9.17, 15) is 9.59 Å². The van der Waals surface area contributed by atoms with Crippen LogP contribution in [-0.4, -0.2) is 32.9 Å². The lowest BCUT2D eigenvalue weighted by molar-refractivity contribution is -0.133. The number of aromatic nitrogens is 2. The first-order valence-electron chi connectivity index (χ1n) is 5.19. The number of para-hydroxylation sites is 1. The SMILES string of the molecule is O=C(O)CSc1nnc(C(=O)Nc2ccccc2)s1. The minimum absolute atomic E-state index is 0.102. The van der Waals surface area contributed by atoms with E-state index in [1.165, 1.54) is 0 Å². The first-order chi connectivity index (χ1) is 9.15. The summed E-state index contributed by atoms with van der Waals surface area (Å²) in [4.78, 5) is 22.2. The molecule has 1 amide bonds. The van der Waals surface area contributed by atoms with Crippen molar-refractivity contribution in [2.24, 2.45) is 0 Å². The summed E-state index contributed by atoms with van der Waals surface area (Å²) in [5, 5.41) is 18.9. The fourth-order valence-corrected chi connectivity index (χ4v) is 2.66. The van der Waals surface area contributed by atoms with Gasteiger partial charge in [-0.2, -0.15) is 0 Å². The van der Waals surface area contributed by atoms with Gasteiger partial charge in [-0.15, -0.1) is 10.2 Å². The highest BCUT2D eigenvalue weighted by Crippen LogP contribution is 2.22. The molecule has 2 aromatic rings. The molecule has 8 heteroatoms. The van der Waals surface area contributed by atoms with Crippen molar-refractivity contribution in [3.05, 3.63) is 35.3 Å². The summed E-state index contributed by atoms with van der Waals surface area (Å²) in [7, 11) is 0. The first kappa shape index (κ1) is 13.5. The Balaban J connectivity index is 1.98. The van der Waals surface area contributed by atoms with Crippen molar-refractivity contribution in [2.45, 2.75) is 4.34 Å². The highest BCUT2D eigenvalue weighted by molar-refractivity contribution is 8.01. The molecule has 0 bridgehead atoms. The second-order valence-electron chi connectivity index (χ2n) is 3.38. The molecule has 0 aliphatic carbocycles. The largest absolute Gasteiger partial charge is 0.481 e. The van der Waals surface area contributed by atoms with Gasteiger partial charge in [0.15, 0.2) is 4.34 Å². The van der Waals surface area contributed by atoms with Crippen molar-refractivity contribution in [3.63, 3.8) is 0 Å². The maximum absolute atomic E-state index is 11.8. The summed E-state index contributed by atoms with van der Waals surface area (Å²) in [5.74, 6) is -1.39. The molecule has 1 heterocycles. The average Bonchev–Trinajstić information content (AvgIpc) is 2.86. The molecule has 2 rings (SSSR count). The molecule has 0 atom stereocenters. The van der Waals surface area contributed by atoms with Crippen LogP contribution in [0.2, 0.25) is 0 Å². The van der Waals surface area contributed by atoms with E-state index < -0.39 is 5.97 Å². The standard InChI is InChI=1S/C11H9N3O3S2/c15-8(16)6-18-11-14-13-10(19-11)9(17)12-7-4-2-1-3-5-7/h1-5H,6H2,(H,12,17)(H,15,16). The number of hydrogen-bond donors (Lipinski definition) is 2. The molecule has 0 aliphatic rings. The number of carbonyl (C=O) groups is 2. The van der Waals surface area contributed by atoms with Gasteiger partial charge in [-0.05, 0) is 12.1 Å². The Morgan fingerprint density at radius 3 is 2.68 bits per heavy atom. The zero-order valence-electron chi connectivity index (χ0n) is 9.57. The quantitative estimate of drug-likeness (QED) is 0.819. The van der Waals surface area contributed by atoms with Crippen LogP contribution in [0.1, 0.15) is 9.80 Å². The maximum Gasteiger partial charge on any atom is 0.313 e. The van der Waals surface area contributed by atoms with E-state index in [2.05, 4.69) is 15.5 Å². The predicted molar refractivity (Wildman–Crippen MR) is 72.7 cm³/mol. The highest BCUT2D eigenvalue weighted by Gasteiger charge is 2.13. The summed E-state index contributed by atoms with van der Waals surface area (Å²) in [6, 6.07) is 8.99. The van der Waals surface area contributed by atoms with Crippen LogP contribution >= 0.6 is 23.1 Å². The molecule has 0 spiro atoms. The zero-order chi connectivity index (χ0) is 13.7. The third-order valence-electron chi connectivity index (χ3n) is 1.95. The number of benzene rings is 1. The minimum Gasteiger partial charge on any atom is -0.481 e. The van der Waals surface area contributed by atoms with Crippen molar-refractivity contribution in [3.8, 4) is 0 Å². The van der Waals surface area contributed by atoms with Crippen LogP contribution in [0.15, 0.2) is 34.7 Å². The molecule has 2 N–H and O–H groups in total. The van der Waals surface area contributed by atoms with Crippen molar-refractivity contribution >= 4 is 40.7 Å². The Labute approximate surface area is 116 Å². The van der Waals surface area contributed by atoms with E-state index >= 15 is 0 Å². The van der Waals surface area contributed by atoms with Crippen molar-refractivity contribution in [1.29, 1.82) is 0 Å². The Bertz CT molecular complexity index is 586. The Morgan fingerprint density at radius 1 is 1.26 bits per heavy atom. The van der Waals surface area contributed by atoms with Gasteiger partial charge in [0.2, 0.25) is 5.01 Å². The molecule has 0 aliphatic heterocycles. The van der Waals surface area contributed by atoms with Gasteiger partial charge in [0.05, 0.1) is 5.75 Å². The lowest BCUT2D eigenvalue weighted by Crippen LogP contribution is -2.11. The second kappa shape index (κ2) is 6.30. The lowest BCUT2D eigenvalue weighted by Gasteiger charge is -2.00. The van der Waals surface area contributed by atoms with Gasteiger partial charge in [-0.25, -0.2) is 0 Å². The molecule has 0 saturated heterocycles. The number of carboxylic acid groups (broad SMARTS) is 1. The zero-order valence-corrected chi connectivity index (χ0v) is 11.2. The predicted octanol–water partition coefficient (Wildman–Crippen LogP) is 1.97. The van der Waals surface area contributed by atoms with Gasteiger partial charge in [0.25, 0.3) is 5.91 Å². The number of amides is 1. The monoisotopic (exact) mass is 295 g/mol. The number of carbonyl (C=O) groups excluding carboxylic acids is 1. The fourth-order valence-electron chi connectivity index (χ4n) is 1.19. The summed E-state index contributed by atoms with van der Waals surface area (Å²) >= 11 is 2.11. The van der Waals surface area contributed by atoms with Gasteiger partial charge in [0.1, 0.15) is 0 Å². The third-order valence-corrected chi connectivity index (χ3v) is 3.99. The van der Waals surface area contributed by atoms with Gasteiger partial charge < -0.3 is 10.4 Å². The summed E-state index contributed by atoms with van der Waals surface area (Å²) in [5.41, 5.74) is 0.669. The van der Waals surface area contributed by atoms with Crippen LogP contribution < -0.4 is 5.32 Å². The Hall–Kier alpha value is -1.93. The van der Waals surface area contributed by atoms with Crippen LogP contribution in [0.4, 0.5) is 5.69 Å². The molecule has 0 saturated carbocycles. The van der Waals surface area contributed by atoms with E-state index in [-0.39, 0.29) is 16.7 Å².